The minimum absolute atomic E-state index is 0.390. The molecule has 0 fully saturated rings. The first kappa shape index (κ1) is 19.5. The normalized spacial score (nSPS) is 20.9. The third-order valence-electron chi connectivity index (χ3n) is 3.55. The number of fused-ring (bicyclic) bond motifs is 1. The van der Waals surface area contributed by atoms with E-state index in [9.17, 15) is 31.2 Å². The number of ketones is 1. The van der Waals surface area contributed by atoms with Crippen molar-refractivity contribution in [3.05, 3.63) is 33.3 Å². The van der Waals surface area contributed by atoms with Gasteiger partial charge in [-0.2, -0.15) is 21.6 Å². The average Bonchev–Trinajstić information content (AvgIpc) is 2.41. The Morgan fingerprint density at radius 3 is 2.36 bits per heavy atom. The van der Waals surface area contributed by atoms with Crippen LogP contribution in [0.15, 0.2) is 17.1 Å². The van der Waals surface area contributed by atoms with Gasteiger partial charge >= 0.3 is 16.6 Å². The summed E-state index contributed by atoms with van der Waals surface area (Å²) in [5, 5.41) is -1.62. The molecule has 2 rings (SSSR count). The van der Waals surface area contributed by atoms with Gasteiger partial charge in [0.1, 0.15) is 0 Å². The molecule has 136 valence electrons. The average molecular weight is 400 g/mol. The van der Waals surface area contributed by atoms with Crippen molar-refractivity contribution in [3.63, 3.8) is 0 Å². The van der Waals surface area contributed by atoms with Crippen LogP contribution in [0.3, 0.4) is 0 Å². The number of rotatable bonds is 3. The van der Waals surface area contributed by atoms with Crippen molar-refractivity contribution >= 4 is 39.3 Å². The molecule has 1 aromatic carbocycles. The number of hydrogen-bond acceptors (Lipinski definition) is 5. The highest BCUT2D eigenvalue weighted by atomic mass is 35.5. The number of amides is 1. The predicted molar refractivity (Wildman–Crippen MR) is 77.4 cm³/mol. The van der Waals surface area contributed by atoms with Gasteiger partial charge in [-0.3, -0.25) is 14.1 Å². The Morgan fingerprint density at radius 2 is 1.92 bits per heavy atom. The maximum Gasteiger partial charge on any atom is 0.418 e. The Balaban J connectivity index is 3.03. The molecule has 25 heavy (non-hydrogen) atoms. The van der Waals surface area contributed by atoms with Crippen molar-refractivity contribution in [1.82, 2.24) is 0 Å². The van der Waals surface area contributed by atoms with Gasteiger partial charge in [-0.05, 0) is 31.6 Å². The number of carbonyl (C=O) groups is 2. The van der Waals surface area contributed by atoms with Gasteiger partial charge in [-0.25, -0.2) is 9.18 Å². The fraction of sp³-hybridized carbons (Fsp3) is 0.308. The fourth-order valence-electron chi connectivity index (χ4n) is 2.48. The highest BCUT2D eigenvalue weighted by Gasteiger charge is 2.52. The second-order valence-corrected chi connectivity index (χ2v) is 6.60. The molecule has 0 saturated heterocycles. The Labute approximate surface area is 143 Å². The van der Waals surface area contributed by atoms with Crippen molar-refractivity contribution in [2.45, 2.75) is 25.6 Å². The van der Waals surface area contributed by atoms with E-state index in [0.29, 0.717) is 6.07 Å². The maximum atomic E-state index is 13.2. The monoisotopic (exact) mass is 399 g/mol. The molecule has 0 aromatic heterocycles. The quantitative estimate of drug-likeness (QED) is 0.595. The summed E-state index contributed by atoms with van der Waals surface area (Å²) in [5.74, 6) is -2.81. The second kappa shape index (κ2) is 5.87. The van der Waals surface area contributed by atoms with Crippen LogP contribution in [-0.2, 0) is 30.3 Å². The zero-order chi connectivity index (χ0) is 19.4. The molecule has 0 radical (unpaired) electrons. The van der Waals surface area contributed by atoms with Crippen molar-refractivity contribution in [1.29, 1.82) is 0 Å². The topological polar surface area (TPSA) is 110 Å². The summed E-state index contributed by atoms with van der Waals surface area (Å²) in [6, 6.07) is 1.51. The molecule has 1 N–H and O–H groups in total. The third kappa shape index (κ3) is 3.32. The minimum Gasteiger partial charge on any atom is -0.296 e. The van der Waals surface area contributed by atoms with Gasteiger partial charge in [-0.15, -0.1) is 0 Å². The lowest BCUT2D eigenvalue weighted by Crippen LogP contribution is -2.56. The molecule has 7 nitrogen and oxygen atoms in total. The van der Waals surface area contributed by atoms with E-state index in [1.165, 1.54) is 0 Å². The highest BCUT2D eigenvalue weighted by Crippen LogP contribution is 2.31. The summed E-state index contributed by atoms with van der Waals surface area (Å²) >= 11 is 5.66. The van der Waals surface area contributed by atoms with Crippen LogP contribution in [0, 0.1) is 0 Å². The van der Waals surface area contributed by atoms with E-state index in [2.05, 4.69) is 9.18 Å². The summed E-state index contributed by atoms with van der Waals surface area (Å²) in [6.07, 6.45) is -4.92. The molecular weight excluding hydrogens is 391 g/mol. The SMILES string of the molecule is CC(=O)C1(OS(=O)(=O)O)C(=O)N=c2c(C(F)(F)F)cc(Cl)cc2=C1C. The molecule has 1 heterocycles. The van der Waals surface area contributed by atoms with Crippen LogP contribution in [-0.4, -0.2) is 30.3 Å². The van der Waals surface area contributed by atoms with Crippen LogP contribution in [0.5, 0.6) is 0 Å². The van der Waals surface area contributed by atoms with Gasteiger partial charge in [0.25, 0.3) is 5.91 Å². The molecule has 0 saturated carbocycles. The largest absolute Gasteiger partial charge is 0.418 e. The minimum atomic E-state index is -5.32. The zero-order valence-electron chi connectivity index (χ0n) is 12.5. The summed E-state index contributed by atoms with van der Waals surface area (Å²) in [4.78, 5) is 27.4. The standard InChI is InChI=1S/C13H9ClF3NO6S/c1-5-8-3-7(14)4-9(13(15,16)17)10(8)18-11(20)12(5,6(2)19)24-25(21,22)23/h3-4H,1-2H3,(H,21,22,23). The lowest BCUT2D eigenvalue weighted by molar-refractivity contribution is -0.141. The molecule has 1 atom stereocenters. The first-order valence-corrected chi connectivity index (χ1v) is 8.15. The fourth-order valence-corrected chi connectivity index (χ4v) is 3.33. The van der Waals surface area contributed by atoms with E-state index in [4.69, 9.17) is 16.2 Å². The molecule has 0 bridgehead atoms. The number of benzene rings is 1. The van der Waals surface area contributed by atoms with Crippen LogP contribution >= 0.6 is 11.6 Å². The predicted octanol–water partition coefficient (Wildman–Crippen LogP) is 0.836. The van der Waals surface area contributed by atoms with Gasteiger partial charge in [0.2, 0.25) is 5.60 Å². The molecule has 12 heteroatoms. The van der Waals surface area contributed by atoms with Crippen molar-refractivity contribution in [2.24, 2.45) is 4.99 Å². The van der Waals surface area contributed by atoms with E-state index in [0.717, 1.165) is 19.9 Å². The number of halogens is 4. The second-order valence-electron chi connectivity index (χ2n) is 5.14. The smallest absolute Gasteiger partial charge is 0.296 e. The number of carbonyl (C=O) groups excluding carboxylic acids is 2. The summed E-state index contributed by atoms with van der Waals surface area (Å²) in [5.41, 5.74) is -4.75. The molecule has 1 aromatic rings. The molecule has 1 aliphatic rings. The van der Waals surface area contributed by atoms with Crippen LogP contribution in [0.25, 0.3) is 5.57 Å². The van der Waals surface area contributed by atoms with Crippen LogP contribution in [0.2, 0.25) is 5.02 Å². The Hall–Kier alpha value is -1.82. The van der Waals surface area contributed by atoms with E-state index in [1.807, 2.05) is 0 Å². The Kier molecular flexibility index (Phi) is 4.58. The van der Waals surface area contributed by atoms with Crippen LogP contribution in [0.1, 0.15) is 19.4 Å². The molecular formula is C13H9ClF3NO6S. The van der Waals surface area contributed by atoms with Crippen molar-refractivity contribution in [2.75, 3.05) is 0 Å². The van der Waals surface area contributed by atoms with E-state index >= 15 is 0 Å². The number of alkyl halides is 3. The maximum absolute atomic E-state index is 13.2. The molecule has 0 aliphatic carbocycles. The number of nitrogens with zero attached hydrogens (tertiary/aromatic N) is 1. The molecule has 1 unspecified atom stereocenters. The van der Waals surface area contributed by atoms with Gasteiger partial charge in [0, 0.05) is 10.2 Å². The first-order chi connectivity index (χ1) is 11.2. The van der Waals surface area contributed by atoms with Gasteiger partial charge in [-0.1, -0.05) is 11.6 Å². The molecule has 0 spiro atoms. The lowest BCUT2D eigenvalue weighted by atomic mass is 9.86. The van der Waals surface area contributed by atoms with Crippen LogP contribution < -0.4 is 10.6 Å². The van der Waals surface area contributed by atoms with Gasteiger partial charge in [0.15, 0.2) is 5.78 Å². The molecule has 1 aliphatic heterocycles. The number of hydrogen-bond donors (Lipinski definition) is 1. The summed E-state index contributed by atoms with van der Waals surface area (Å²) < 4.78 is 74.8. The first-order valence-electron chi connectivity index (χ1n) is 6.40. The lowest BCUT2D eigenvalue weighted by Gasteiger charge is -2.29. The van der Waals surface area contributed by atoms with Crippen molar-refractivity contribution < 1.29 is 39.9 Å². The zero-order valence-corrected chi connectivity index (χ0v) is 14.1. The highest BCUT2D eigenvalue weighted by molar-refractivity contribution is 7.81. The molecule has 1 amide bonds. The van der Waals surface area contributed by atoms with E-state index in [1.54, 1.807) is 0 Å². The third-order valence-corrected chi connectivity index (χ3v) is 4.23. The Bertz CT molecular complexity index is 1020. The summed E-state index contributed by atoms with van der Waals surface area (Å²) in [7, 11) is -5.32. The summed E-state index contributed by atoms with van der Waals surface area (Å²) in [6.45, 7) is 1.77. The van der Waals surface area contributed by atoms with Crippen molar-refractivity contribution in [3.8, 4) is 0 Å². The van der Waals surface area contributed by atoms with Crippen LogP contribution in [0.4, 0.5) is 13.2 Å². The van der Waals surface area contributed by atoms with E-state index < -0.39 is 55.6 Å². The van der Waals surface area contributed by atoms with Gasteiger partial charge in [0.05, 0.1) is 10.9 Å². The Morgan fingerprint density at radius 1 is 1.36 bits per heavy atom. The van der Waals surface area contributed by atoms with E-state index in [-0.39, 0.29) is 5.02 Å². The van der Waals surface area contributed by atoms with Gasteiger partial charge < -0.3 is 0 Å². The number of Topliss-reactive ketones (excluding diaryl/α,β-unsaturated/α-hetero) is 1.